The minimum atomic E-state index is -3.75. The predicted molar refractivity (Wildman–Crippen MR) is 102 cm³/mol. The molecule has 1 aliphatic rings. The van der Waals surface area contributed by atoms with Crippen molar-refractivity contribution in [2.45, 2.75) is 50.0 Å². The second-order valence-corrected chi connectivity index (χ2v) is 8.31. The fourth-order valence-electron chi connectivity index (χ4n) is 2.82. The van der Waals surface area contributed by atoms with E-state index in [0.717, 1.165) is 6.42 Å². The van der Waals surface area contributed by atoms with Crippen LogP contribution in [0.4, 0.5) is 0 Å². The van der Waals surface area contributed by atoms with E-state index in [0.29, 0.717) is 44.1 Å². The van der Waals surface area contributed by atoms with Crippen molar-refractivity contribution in [1.82, 2.24) is 10.0 Å². The van der Waals surface area contributed by atoms with Crippen LogP contribution in [0.3, 0.4) is 0 Å². The molecule has 0 unspecified atom stereocenters. The number of rotatable bonds is 9. The lowest BCUT2D eigenvalue weighted by atomic mass is 9.93. The summed E-state index contributed by atoms with van der Waals surface area (Å²) in [6, 6.07) is 4.49. The van der Waals surface area contributed by atoms with Gasteiger partial charge in [0.15, 0.2) is 11.5 Å². The minimum absolute atomic E-state index is 0.00329. The van der Waals surface area contributed by atoms with Crippen molar-refractivity contribution in [2.75, 3.05) is 26.3 Å². The predicted octanol–water partition coefficient (Wildman–Crippen LogP) is 1.15. The van der Waals surface area contributed by atoms with Gasteiger partial charge in [0.05, 0.1) is 23.6 Å². The van der Waals surface area contributed by atoms with Crippen LogP contribution in [0, 0.1) is 0 Å². The molecule has 0 fully saturated rings. The van der Waals surface area contributed by atoms with Crippen LogP contribution in [-0.2, 0) is 14.8 Å². The van der Waals surface area contributed by atoms with Gasteiger partial charge in [-0.3, -0.25) is 4.79 Å². The summed E-state index contributed by atoms with van der Waals surface area (Å²) in [5.41, 5.74) is 5.33. The van der Waals surface area contributed by atoms with E-state index in [1.165, 1.54) is 12.1 Å². The third kappa shape index (κ3) is 5.57. The monoisotopic (exact) mass is 399 g/mol. The van der Waals surface area contributed by atoms with Crippen LogP contribution in [0.15, 0.2) is 23.1 Å². The number of sulfonamides is 1. The van der Waals surface area contributed by atoms with E-state index in [9.17, 15) is 13.2 Å². The molecule has 0 saturated carbocycles. The van der Waals surface area contributed by atoms with E-state index in [4.69, 9.17) is 15.2 Å². The quantitative estimate of drug-likeness (QED) is 0.573. The first-order chi connectivity index (χ1) is 12.9. The summed E-state index contributed by atoms with van der Waals surface area (Å²) >= 11 is 0. The molecular formula is C18H29N3O5S. The van der Waals surface area contributed by atoms with Gasteiger partial charge in [-0.25, -0.2) is 13.1 Å². The number of nitrogens with one attached hydrogen (secondary N) is 2. The summed E-state index contributed by atoms with van der Waals surface area (Å²) in [5, 5.41) is 2.92. The third-order valence-electron chi connectivity index (χ3n) is 4.82. The van der Waals surface area contributed by atoms with Crippen LogP contribution in [0.25, 0.3) is 0 Å². The Balaban J connectivity index is 1.95. The molecule has 1 aromatic rings. The highest BCUT2D eigenvalue weighted by atomic mass is 32.2. The molecule has 2 rings (SSSR count). The maximum absolute atomic E-state index is 12.5. The molecule has 0 radical (unpaired) electrons. The van der Waals surface area contributed by atoms with Gasteiger partial charge in [-0.2, -0.15) is 0 Å². The van der Waals surface area contributed by atoms with Crippen LogP contribution >= 0.6 is 0 Å². The van der Waals surface area contributed by atoms with Crippen molar-refractivity contribution in [2.24, 2.45) is 5.73 Å². The maximum atomic E-state index is 12.5. The number of hydrogen-bond donors (Lipinski definition) is 3. The molecule has 1 aromatic carbocycles. The first kappa shape index (κ1) is 21.5. The smallest absolute Gasteiger partial charge is 0.240 e. The fraction of sp³-hybridized carbons (Fsp3) is 0.611. The number of ether oxygens (including phenoxy) is 2. The van der Waals surface area contributed by atoms with Crippen LogP contribution < -0.4 is 25.2 Å². The van der Waals surface area contributed by atoms with E-state index < -0.39 is 15.6 Å². The average Bonchev–Trinajstić information content (AvgIpc) is 2.91. The number of hydrogen-bond acceptors (Lipinski definition) is 6. The lowest BCUT2D eigenvalue weighted by Gasteiger charge is -2.31. The zero-order valence-corrected chi connectivity index (χ0v) is 16.7. The van der Waals surface area contributed by atoms with Gasteiger partial charge in [-0.1, -0.05) is 13.8 Å². The van der Waals surface area contributed by atoms with Crippen molar-refractivity contribution < 1.29 is 22.7 Å². The molecule has 1 aliphatic heterocycles. The van der Waals surface area contributed by atoms with Gasteiger partial charge in [0.25, 0.3) is 0 Å². The summed E-state index contributed by atoms with van der Waals surface area (Å²) in [6.07, 6.45) is 2.21. The fourth-order valence-corrected chi connectivity index (χ4v) is 3.86. The van der Waals surface area contributed by atoms with Gasteiger partial charge < -0.3 is 20.5 Å². The number of fused-ring (bicyclic) bond motifs is 1. The highest BCUT2D eigenvalue weighted by Gasteiger charge is 2.26. The van der Waals surface area contributed by atoms with Crippen LogP contribution in [0.1, 0.15) is 39.5 Å². The Bertz CT molecular complexity index is 739. The first-order valence-corrected chi connectivity index (χ1v) is 10.7. The molecule has 1 heterocycles. The summed E-state index contributed by atoms with van der Waals surface area (Å²) < 4.78 is 38.4. The SMILES string of the molecule is CCC(CC)(CN)NC(=O)CCNS(=O)(=O)c1ccc2c(c1)OCCCO2. The van der Waals surface area contributed by atoms with Gasteiger partial charge in [-0.05, 0) is 25.0 Å². The second-order valence-electron chi connectivity index (χ2n) is 6.55. The third-order valence-corrected chi connectivity index (χ3v) is 6.28. The lowest BCUT2D eigenvalue weighted by molar-refractivity contribution is -0.122. The van der Waals surface area contributed by atoms with Gasteiger partial charge in [0.1, 0.15) is 0 Å². The molecular weight excluding hydrogens is 370 g/mol. The minimum Gasteiger partial charge on any atom is -0.490 e. The molecule has 8 nitrogen and oxygen atoms in total. The zero-order valence-electron chi connectivity index (χ0n) is 15.9. The summed E-state index contributed by atoms with van der Waals surface area (Å²) in [5.74, 6) is 0.709. The average molecular weight is 400 g/mol. The Morgan fingerprint density at radius 1 is 1.19 bits per heavy atom. The highest BCUT2D eigenvalue weighted by molar-refractivity contribution is 7.89. The highest BCUT2D eigenvalue weighted by Crippen LogP contribution is 2.31. The van der Waals surface area contributed by atoms with E-state index >= 15 is 0 Å². The van der Waals surface area contributed by atoms with Gasteiger partial charge in [-0.15, -0.1) is 0 Å². The molecule has 0 spiro atoms. The Hall–Kier alpha value is -1.84. The van der Waals surface area contributed by atoms with E-state index in [1.54, 1.807) is 6.07 Å². The van der Waals surface area contributed by atoms with Crippen molar-refractivity contribution >= 4 is 15.9 Å². The molecule has 0 saturated heterocycles. The maximum Gasteiger partial charge on any atom is 0.240 e. The molecule has 0 aliphatic carbocycles. The summed E-state index contributed by atoms with van der Waals surface area (Å²) in [4.78, 5) is 12.2. The molecule has 9 heteroatoms. The standard InChI is InChI=1S/C18H29N3O5S/c1-3-18(4-2,13-19)21-17(22)8-9-20-27(23,24)14-6-7-15-16(12-14)26-11-5-10-25-15/h6-7,12,20H,3-5,8-11,13,19H2,1-2H3,(H,21,22). The van der Waals surface area contributed by atoms with Crippen LogP contribution in [0.5, 0.6) is 11.5 Å². The van der Waals surface area contributed by atoms with Crippen molar-refractivity contribution in [3.8, 4) is 11.5 Å². The lowest BCUT2D eigenvalue weighted by Crippen LogP contribution is -2.53. The van der Waals surface area contributed by atoms with Crippen molar-refractivity contribution in [3.05, 3.63) is 18.2 Å². The summed E-state index contributed by atoms with van der Waals surface area (Å²) in [6.45, 7) is 5.27. The Kier molecular flexibility index (Phi) is 7.46. The van der Waals surface area contributed by atoms with Crippen LogP contribution in [0.2, 0.25) is 0 Å². The van der Waals surface area contributed by atoms with E-state index in [1.807, 2.05) is 13.8 Å². The molecule has 0 bridgehead atoms. The number of benzene rings is 1. The molecule has 4 N–H and O–H groups in total. The van der Waals surface area contributed by atoms with E-state index in [-0.39, 0.29) is 23.8 Å². The van der Waals surface area contributed by atoms with Crippen LogP contribution in [-0.4, -0.2) is 46.2 Å². The summed E-state index contributed by atoms with van der Waals surface area (Å²) in [7, 11) is -3.75. The second kappa shape index (κ2) is 9.38. The van der Waals surface area contributed by atoms with E-state index in [2.05, 4.69) is 10.0 Å². The number of carbonyl (C=O) groups is 1. The molecule has 0 atom stereocenters. The van der Waals surface area contributed by atoms with Gasteiger partial charge in [0, 0.05) is 32.0 Å². The molecule has 0 aromatic heterocycles. The Morgan fingerprint density at radius 3 is 2.48 bits per heavy atom. The zero-order chi connectivity index (χ0) is 19.9. The first-order valence-electron chi connectivity index (χ1n) is 9.26. The van der Waals surface area contributed by atoms with Crippen molar-refractivity contribution in [1.29, 1.82) is 0 Å². The number of amides is 1. The topological polar surface area (TPSA) is 120 Å². The van der Waals surface area contributed by atoms with Crippen molar-refractivity contribution in [3.63, 3.8) is 0 Å². The number of nitrogens with two attached hydrogens (primary N) is 1. The molecule has 27 heavy (non-hydrogen) atoms. The van der Waals surface area contributed by atoms with Gasteiger partial charge in [0.2, 0.25) is 15.9 Å². The Morgan fingerprint density at radius 2 is 1.85 bits per heavy atom. The molecule has 1 amide bonds. The molecule has 152 valence electrons. The normalized spacial score (nSPS) is 14.5. The van der Waals surface area contributed by atoms with Gasteiger partial charge >= 0.3 is 0 Å². The largest absolute Gasteiger partial charge is 0.490 e. The Labute approximate surface area is 160 Å². The number of carbonyl (C=O) groups excluding carboxylic acids is 1.